The van der Waals surface area contributed by atoms with Crippen LogP contribution in [0.15, 0.2) is 12.7 Å². The first-order valence-corrected chi connectivity index (χ1v) is 4.01. The lowest BCUT2D eigenvalue weighted by Crippen LogP contribution is -1.80. The number of aliphatic hydroxyl groups is 1. The molecular formula is C9H20O. The SMILES string of the molecule is C=CC.CCCCCCO. The van der Waals surface area contributed by atoms with Crippen LogP contribution in [0.2, 0.25) is 0 Å². The molecule has 0 amide bonds. The number of rotatable bonds is 4. The van der Waals surface area contributed by atoms with Crippen LogP contribution >= 0.6 is 0 Å². The molecule has 1 nitrogen and oxygen atoms in total. The molecule has 0 heterocycles. The minimum Gasteiger partial charge on any atom is -0.396 e. The summed E-state index contributed by atoms with van der Waals surface area (Å²) in [7, 11) is 0. The molecule has 0 saturated heterocycles. The molecule has 0 saturated carbocycles. The van der Waals surface area contributed by atoms with Gasteiger partial charge in [0, 0.05) is 6.61 Å². The Morgan fingerprint density at radius 2 is 1.80 bits per heavy atom. The molecule has 0 aliphatic carbocycles. The molecule has 62 valence electrons. The summed E-state index contributed by atoms with van der Waals surface area (Å²) in [6.45, 7) is 7.78. The van der Waals surface area contributed by atoms with Gasteiger partial charge in [0.2, 0.25) is 0 Å². The molecule has 10 heavy (non-hydrogen) atoms. The number of allylic oxidation sites excluding steroid dienone is 1. The first-order valence-electron chi connectivity index (χ1n) is 4.01. The molecule has 0 aliphatic heterocycles. The zero-order valence-corrected chi connectivity index (χ0v) is 7.27. The fraction of sp³-hybridized carbons (Fsp3) is 0.778. The smallest absolute Gasteiger partial charge is 0.0431 e. The molecule has 0 aromatic heterocycles. The van der Waals surface area contributed by atoms with Gasteiger partial charge in [-0.15, -0.1) is 6.58 Å². The lowest BCUT2D eigenvalue weighted by Gasteiger charge is -1.90. The van der Waals surface area contributed by atoms with E-state index < -0.39 is 0 Å². The normalized spacial score (nSPS) is 7.90. The van der Waals surface area contributed by atoms with E-state index in [2.05, 4.69) is 13.5 Å². The largest absolute Gasteiger partial charge is 0.396 e. The Balaban J connectivity index is 0. The topological polar surface area (TPSA) is 20.2 Å². The maximum absolute atomic E-state index is 8.29. The first kappa shape index (κ1) is 12.4. The number of hydrogen-bond acceptors (Lipinski definition) is 1. The minimum atomic E-state index is 0.361. The molecule has 0 atom stereocenters. The van der Waals surface area contributed by atoms with Crippen LogP contribution in [0.4, 0.5) is 0 Å². The van der Waals surface area contributed by atoms with E-state index in [9.17, 15) is 0 Å². The molecule has 0 aliphatic rings. The van der Waals surface area contributed by atoms with Gasteiger partial charge in [-0.2, -0.15) is 0 Å². The summed E-state index contributed by atoms with van der Waals surface area (Å²) in [5.41, 5.74) is 0. The highest BCUT2D eigenvalue weighted by Crippen LogP contribution is 1.95. The first-order chi connectivity index (χ1) is 4.83. The number of hydrogen-bond donors (Lipinski definition) is 1. The van der Waals surface area contributed by atoms with Gasteiger partial charge < -0.3 is 5.11 Å². The van der Waals surface area contributed by atoms with Gasteiger partial charge in [-0.3, -0.25) is 0 Å². The number of unbranched alkanes of at least 4 members (excludes halogenated alkanes) is 3. The average molecular weight is 144 g/mol. The van der Waals surface area contributed by atoms with Crippen molar-refractivity contribution in [2.24, 2.45) is 0 Å². The van der Waals surface area contributed by atoms with Gasteiger partial charge in [0.1, 0.15) is 0 Å². The van der Waals surface area contributed by atoms with Crippen LogP contribution in [0, 0.1) is 0 Å². The Labute approximate surface area is 64.8 Å². The van der Waals surface area contributed by atoms with Gasteiger partial charge in [-0.25, -0.2) is 0 Å². The molecule has 0 bridgehead atoms. The van der Waals surface area contributed by atoms with Crippen LogP contribution in [0.5, 0.6) is 0 Å². The van der Waals surface area contributed by atoms with Crippen molar-refractivity contribution < 1.29 is 5.11 Å². The molecule has 0 aromatic carbocycles. The lowest BCUT2D eigenvalue weighted by molar-refractivity contribution is 0.283. The van der Waals surface area contributed by atoms with E-state index in [1.807, 2.05) is 6.92 Å². The summed E-state index contributed by atoms with van der Waals surface area (Å²) in [4.78, 5) is 0. The predicted molar refractivity (Wildman–Crippen MR) is 47.1 cm³/mol. The van der Waals surface area contributed by atoms with Crippen molar-refractivity contribution in [2.75, 3.05) is 6.61 Å². The van der Waals surface area contributed by atoms with Crippen molar-refractivity contribution in [3.63, 3.8) is 0 Å². The zero-order chi connectivity index (χ0) is 8.24. The summed E-state index contributed by atoms with van der Waals surface area (Å²) >= 11 is 0. The second-order valence-corrected chi connectivity index (χ2v) is 2.19. The fourth-order valence-electron chi connectivity index (χ4n) is 0.539. The van der Waals surface area contributed by atoms with E-state index in [0.717, 1.165) is 6.42 Å². The Hall–Kier alpha value is -0.300. The van der Waals surface area contributed by atoms with E-state index in [1.165, 1.54) is 19.3 Å². The standard InChI is InChI=1S/C6H14O.C3H6/c1-2-3-4-5-6-7;1-3-2/h7H,2-6H2,1H3;3H,1H2,2H3. The van der Waals surface area contributed by atoms with E-state index in [-0.39, 0.29) is 0 Å². The van der Waals surface area contributed by atoms with Crippen molar-refractivity contribution in [1.29, 1.82) is 0 Å². The Morgan fingerprint density at radius 3 is 2.10 bits per heavy atom. The summed E-state index contributed by atoms with van der Waals surface area (Å²) in [5, 5.41) is 8.29. The van der Waals surface area contributed by atoms with Crippen LogP contribution in [0.3, 0.4) is 0 Å². The molecule has 0 unspecified atom stereocenters. The van der Waals surface area contributed by atoms with Crippen LogP contribution in [0.1, 0.15) is 39.5 Å². The molecule has 0 aromatic rings. The highest BCUT2D eigenvalue weighted by molar-refractivity contribution is 4.51. The highest BCUT2D eigenvalue weighted by atomic mass is 16.2. The maximum Gasteiger partial charge on any atom is 0.0431 e. The van der Waals surface area contributed by atoms with Crippen molar-refractivity contribution in [2.45, 2.75) is 39.5 Å². The van der Waals surface area contributed by atoms with E-state index in [1.54, 1.807) is 6.08 Å². The minimum absolute atomic E-state index is 0.361. The molecule has 0 fully saturated rings. The highest BCUT2D eigenvalue weighted by Gasteiger charge is 1.80. The molecule has 0 spiro atoms. The van der Waals surface area contributed by atoms with Gasteiger partial charge in [-0.05, 0) is 13.3 Å². The third-order valence-electron chi connectivity index (χ3n) is 1.01. The van der Waals surface area contributed by atoms with Gasteiger partial charge in [0.05, 0.1) is 0 Å². The number of aliphatic hydroxyl groups excluding tert-OH is 1. The third-order valence-corrected chi connectivity index (χ3v) is 1.01. The van der Waals surface area contributed by atoms with Crippen molar-refractivity contribution in [1.82, 2.24) is 0 Å². The van der Waals surface area contributed by atoms with Crippen LogP contribution < -0.4 is 0 Å². The quantitative estimate of drug-likeness (QED) is 0.475. The fourth-order valence-corrected chi connectivity index (χ4v) is 0.539. The summed E-state index contributed by atoms with van der Waals surface area (Å²) in [5.74, 6) is 0. The van der Waals surface area contributed by atoms with Crippen molar-refractivity contribution in [3.05, 3.63) is 12.7 Å². The second kappa shape index (κ2) is 15.9. The molecule has 0 rings (SSSR count). The average Bonchev–Trinajstić information content (AvgIpc) is 1.91. The molecular weight excluding hydrogens is 124 g/mol. The van der Waals surface area contributed by atoms with Crippen LogP contribution in [-0.4, -0.2) is 11.7 Å². The van der Waals surface area contributed by atoms with E-state index in [4.69, 9.17) is 5.11 Å². The lowest BCUT2D eigenvalue weighted by atomic mass is 10.2. The predicted octanol–water partition coefficient (Wildman–Crippen LogP) is 2.75. The Kier molecular flexibility index (Phi) is 19.7. The molecule has 1 N–H and O–H groups in total. The third kappa shape index (κ3) is 25.2. The van der Waals surface area contributed by atoms with Crippen LogP contribution in [0.25, 0.3) is 0 Å². The maximum atomic E-state index is 8.29. The van der Waals surface area contributed by atoms with Crippen molar-refractivity contribution in [3.8, 4) is 0 Å². The second-order valence-electron chi connectivity index (χ2n) is 2.19. The Bertz CT molecular complexity index is 46.7. The van der Waals surface area contributed by atoms with Gasteiger partial charge >= 0.3 is 0 Å². The molecule has 0 radical (unpaired) electrons. The van der Waals surface area contributed by atoms with Gasteiger partial charge in [-0.1, -0.05) is 32.3 Å². The van der Waals surface area contributed by atoms with Gasteiger partial charge in [0.15, 0.2) is 0 Å². The summed E-state index contributed by atoms with van der Waals surface area (Å²) < 4.78 is 0. The molecule has 1 heteroatoms. The van der Waals surface area contributed by atoms with E-state index in [0.29, 0.717) is 6.61 Å². The summed E-state index contributed by atoms with van der Waals surface area (Å²) in [6, 6.07) is 0. The van der Waals surface area contributed by atoms with Gasteiger partial charge in [0.25, 0.3) is 0 Å². The van der Waals surface area contributed by atoms with Crippen molar-refractivity contribution >= 4 is 0 Å². The Morgan fingerprint density at radius 1 is 1.30 bits per heavy atom. The van der Waals surface area contributed by atoms with Crippen LogP contribution in [-0.2, 0) is 0 Å². The van der Waals surface area contributed by atoms with E-state index >= 15 is 0 Å². The monoisotopic (exact) mass is 144 g/mol. The summed E-state index contributed by atoms with van der Waals surface area (Å²) in [6.07, 6.45) is 6.43. The zero-order valence-electron chi connectivity index (χ0n) is 7.27.